The first kappa shape index (κ1) is 26.4. The molecule has 7 rings (SSSR count). The maximum atomic E-state index is 13.5. The maximum absolute atomic E-state index is 13.5. The summed E-state index contributed by atoms with van der Waals surface area (Å²) in [6, 6.07) is 8.16. The molecule has 216 valence electrons. The highest BCUT2D eigenvalue weighted by atomic mass is 19.4. The van der Waals surface area contributed by atoms with Gasteiger partial charge in [0.1, 0.15) is 23.1 Å². The van der Waals surface area contributed by atoms with Crippen molar-refractivity contribution in [1.82, 2.24) is 29.7 Å². The Labute approximate surface area is 239 Å². The third kappa shape index (κ3) is 4.17. The number of aromatic nitrogens is 6. The van der Waals surface area contributed by atoms with Crippen molar-refractivity contribution in [3.8, 4) is 23.0 Å². The van der Waals surface area contributed by atoms with Crippen molar-refractivity contribution in [3.05, 3.63) is 65.5 Å². The molecule has 13 heteroatoms. The Morgan fingerprint density at radius 2 is 1.83 bits per heavy atom. The normalized spacial score (nSPS) is 17.5. The number of halogens is 3. The molecule has 0 bridgehead atoms. The van der Waals surface area contributed by atoms with Crippen LogP contribution in [0, 0.1) is 6.92 Å². The van der Waals surface area contributed by atoms with Crippen molar-refractivity contribution in [3.63, 3.8) is 0 Å². The van der Waals surface area contributed by atoms with Crippen molar-refractivity contribution < 1.29 is 22.7 Å². The number of amides is 1. The van der Waals surface area contributed by atoms with E-state index in [2.05, 4.69) is 20.1 Å². The van der Waals surface area contributed by atoms with E-state index in [1.165, 1.54) is 11.0 Å². The second-order valence-corrected chi connectivity index (χ2v) is 11.0. The van der Waals surface area contributed by atoms with Gasteiger partial charge in [0, 0.05) is 25.2 Å². The van der Waals surface area contributed by atoms with Crippen LogP contribution in [0.3, 0.4) is 0 Å². The molecule has 2 fully saturated rings. The van der Waals surface area contributed by atoms with Crippen molar-refractivity contribution in [2.24, 2.45) is 0 Å². The van der Waals surface area contributed by atoms with Crippen LogP contribution in [0.5, 0.6) is 5.88 Å². The molecule has 3 aromatic heterocycles. The SMILES string of the molecule is COc1ncnc(C2CC2)c1-c1ncc2c(n1)N(Cc1ccc(-n3nc(C(F)(F)F)cc3C)cc1)C1(CC1)C(=O)N2C. The number of methoxy groups -OCH3 is 1. The van der Waals surface area contributed by atoms with Gasteiger partial charge in [0.05, 0.1) is 24.7 Å². The van der Waals surface area contributed by atoms with E-state index in [-0.39, 0.29) is 5.91 Å². The Bertz CT molecular complexity index is 1710. The monoisotopic (exact) mass is 576 g/mol. The van der Waals surface area contributed by atoms with Crippen LogP contribution in [0.25, 0.3) is 17.1 Å². The molecule has 1 amide bonds. The smallest absolute Gasteiger partial charge is 0.435 e. The Kier molecular flexibility index (Phi) is 5.79. The second-order valence-electron chi connectivity index (χ2n) is 11.0. The van der Waals surface area contributed by atoms with Crippen LogP contribution in [0.4, 0.5) is 24.7 Å². The minimum atomic E-state index is -4.52. The van der Waals surface area contributed by atoms with E-state index >= 15 is 0 Å². The quantitative estimate of drug-likeness (QED) is 0.321. The van der Waals surface area contributed by atoms with E-state index < -0.39 is 17.4 Å². The van der Waals surface area contributed by atoms with Gasteiger partial charge in [-0.15, -0.1) is 0 Å². The Balaban J connectivity index is 1.26. The van der Waals surface area contributed by atoms with Crippen molar-refractivity contribution in [1.29, 1.82) is 0 Å². The number of anilines is 2. The highest BCUT2D eigenvalue weighted by Gasteiger charge is 2.59. The molecule has 0 atom stereocenters. The number of carbonyl (C=O) groups is 1. The minimum absolute atomic E-state index is 0.0193. The predicted molar refractivity (Wildman–Crippen MR) is 146 cm³/mol. The van der Waals surface area contributed by atoms with Crippen molar-refractivity contribution in [2.45, 2.75) is 56.8 Å². The molecular formula is C29H27F3N8O2. The molecule has 1 aliphatic heterocycles. The van der Waals surface area contributed by atoms with Crippen LogP contribution in [0.2, 0.25) is 0 Å². The first-order valence-corrected chi connectivity index (χ1v) is 13.7. The molecule has 10 nitrogen and oxygen atoms in total. The highest BCUT2D eigenvalue weighted by Crippen LogP contribution is 2.52. The lowest BCUT2D eigenvalue weighted by Gasteiger charge is -2.41. The van der Waals surface area contributed by atoms with E-state index in [9.17, 15) is 18.0 Å². The number of aryl methyl sites for hydroxylation is 1. The molecule has 4 aromatic rings. The number of alkyl halides is 3. The molecule has 0 unspecified atom stereocenters. The highest BCUT2D eigenvalue weighted by molar-refractivity contribution is 6.09. The van der Waals surface area contributed by atoms with Crippen molar-refractivity contribution in [2.75, 3.05) is 24.0 Å². The Morgan fingerprint density at radius 3 is 2.45 bits per heavy atom. The standard InChI is InChI=1S/C29H27F3N8O2/c1-16-12-21(29(30,31)32)37-40(16)19-8-4-17(5-9-19)14-39-25-20(38(2)27(41)28(39)10-11-28)13-33-24(36-25)22-23(18-6-7-18)34-15-35-26(22)42-3/h4-5,8-9,12-13,15,18H,6-7,10-11,14H2,1-3H3. The van der Waals surface area contributed by atoms with Gasteiger partial charge < -0.3 is 14.5 Å². The summed E-state index contributed by atoms with van der Waals surface area (Å²) in [5.41, 5.74) is 2.20. The summed E-state index contributed by atoms with van der Waals surface area (Å²) in [7, 11) is 3.29. The molecule has 4 heterocycles. The van der Waals surface area contributed by atoms with Crippen LogP contribution in [-0.2, 0) is 17.5 Å². The molecule has 2 saturated carbocycles. The lowest BCUT2D eigenvalue weighted by molar-refractivity contribution is -0.141. The number of hydrogen-bond acceptors (Lipinski definition) is 8. The number of ether oxygens (including phenoxy) is 1. The summed E-state index contributed by atoms with van der Waals surface area (Å²) in [6.07, 6.45) is 2.04. The minimum Gasteiger partial charge on any atom is -0.480 e. The van der Waals surface area contributed by atoms with Gasteiger partial charge in [-0.2, -0.15) is 18.3 Å². The van der Waals surface area contributed by atoms with Gasteiger partial charge in [0.2, 0.25) is 5.88 Å². The maximum Gasteiger partial charge on any atom is 0.435 e. The van der Waals surface area contributed by atoms with Gasteiger partial charge in [-0.1, -0.05) is 12.1 Å². The van der Waals surface area contributed by atoms with Crippen LogP contribution >= 0.6 is 0 Å². The predicted octanol–water partition coefficient (Wildman–Crippen LogP) is 4.85. The second kappa shape index (κ2) is 9.23. The van der Waals surface area contributed by atoms with Crippen LogP contribution in [-0.4, -0.2) is 55.3 Å². The van der Waals surface area contributed by atoms with Gasteiger partial charge >= 0.3 is 6.18 Å². The number of carbonyl (C=O) groups excluding carboxylic acids is 1. The summed E-state index contributed by atoms with van der Waals surface area (Å²) in [5.74, 6) is 1.73. The van der Waals surface area contributed by atoms with E-state index in [0.717, 1.165) is 30.2 Å². The molecular weight excluding hydrogens is 549 g/mol. The largest absolute Gasteiger partial charge is 0.480 e. The zero-order valence-electron chi connectivity index (χ0n) is 23.2. The zero-order chi connectivity index (χ0) is 29.4. The molecule has 42 heavy (non-hydrogen) atoms. The third-order valence-corrected chi connectivity index (χ3v) is 8.23. The van der Waals surface area contributed by atoms with Crippen molar-refractivity contribution >= 4 is 17.4 Å². The molecule has 0 N–H and O–H groups in total. The van der Waals surface area contributed by atoms with E-state index in [1.807, 2.05) is 17.0 Å². The number of benzene rings is 1. The number of rotatable bonds is 6. The molecule has 1 spiro atoms. The van der Waals surface area contributed by atoms with E-state index in [4.69, 9.17) is 9.72 Å². The summed E-state index contributed by atoms with van der Waals surface area (Å²) < 4.78 is 46.4. The fourth-order valence-corrected chi connectivity index (χ4v) is 5.70. The topological polar surface area (TPSA) is 102 Å². The third-order valence-electron chi connectivity index (χ3n) is 8.23. The molecule has 1 aromatic carbocycles. The number of fused-ring (bicyclic) bond motifs is 1. The van der Waals surface area contributed by atoms with Crippen LogP contribution in [0.1, 0.15) is 54.2 Å². The fourth-order valence-electron chi connectivity index (χ4n) is 5.70. The summed E-state index contributed by atoms with van der Waals surface area (Å²) >= 11 is 0. The van der Waals surface area contributed by atoms with E-state index in [0.29, 0.717) is 65.5 Å². The average molecular weight is 577 g/mol. The van der Waals surface area contributed by atoms with Gasteiger partial charge in [0.15, 0.2) is 17.3 Å². The number of nitrogens with zero attached hydrogens (tertiary/aromatic N) is 8. The Hall–Kier alpha value is -4.55. The van der Waals surface area contributed by atoms with Gasteiger partial charge in [-0.3, -0.25) is 4.79 Å². The fraction of sp³-hybridized carbons (Fsp3) is 0.379. The number of likely N-dealkylation sites (N-methyl/N-ethyl adjacent to an activating group) is 1. The summed E-state index contributed by atoms with van der Waals surface area (Å²) in [5, 5.41) is 3.75. The molecule has 0 saturated heterocycles. The lowest BCUT2D eigenvalue weighted by Crippen LogP contribution is -2.54. The van der Waals surface area contributed by atoms with Crippen LogP contribution in [0.15, 0.2) is 42.9 Å². The van der Waals surface area contributed by atoms with E-state index in [1.54, 1.807) is 44.3 Å². The zero-order valence-corrected chi connectivity index (χ0v) is 23.2. The first-order chi connectivity index (χ1) is 20.1. The molecule has 0 radical (unpaired) electrons. The summed E-state index contributed by atoms with van der Waals surface area (Å²) in [4.78, 5) is 35.6. The average Bonchev–Trinajstić information content (AvgIpc) is 3.92. The molecule has 3 aliphatic rings. The first-order valence-electron chi connectivity index (χ1n) is 13.7. The molecule has 2 aliphatic carbocycles. The summed E-state index contributed by atoms with van der Waals surface area (Å²) in [6.45, 7) is 1.95. The Morgan fingerprint density at radius 1 is 1.10 bits per heavy atom. The van der Waals surface area contributed by atoms with Gasteiger partial charge in [-0.25, -0.2) is 24.6 Å². The van der Waals surface area contributed by atoms with Gasteiger partial charge in [0.25, 0.3) is 5.91 Å². The van der Waals surface area contributed by atoms with Gasteiger partial charge in [-0.05, 0) is 56.4 Å². The number of hydrogen-bond donors (Lipinski definition) is 0. The van der Waals surface area contributed by atoms with Crippen LogP contribution < -0.4 is 14.5 Å². The lowest BCUT2D eigenvalue weighted by atomic mass is 10.1.